The Morgan fingerprint density at radius 3 is 2.50 bits per heavy atom. The highest BCUT2D eigenvalue weighted by Gasteiger charge is 2.29. The zero-order chi connectivity index (χ0) is 14.8. The number of rotatable bonds is 9. The third kappa shape index (κ3) is 5.55. The molecule has 1 rings (SSSR count). The van der Waals surface area contributed by atoms with Crippen LogP contribution in [0, 0.1) is 0 Å². The van der Waals surface area contributed by atoms with Crippen LogP contribution < -0.4 is 11.1 Å². The molecule has 3 N–H and O–H groups in total. The lowest BCUT2D eigenvalue weighted by atomic mass is 9.92. The molecule has 1 unspecified atom stereocenters. The van der Waals surface area contributed by atoms with Gasteiger partial charge < -0.3 is 11.1 Å². The van der Waals surface area contributed by atoms with Crippen LogP contribution in [-0.4, -0.2) is 24.5 Å². The van der Waals surface area contributed by atoms with Crippen LogP contribution in [0.25, 0.3) is 0 Å². The number of hydrogen-bond acceptors (Lipinski definition) is 3. The van der Waals surface area contributed by atoms with Gasteiger partial charge in [0, 0.05) is 6.54 Å². The Morgan fingerprint density at radius 2 is 1.85 bits per heavy atom. The van der Waals surface area contributed by atoms with Crippen molar-refractivity contribution in [3.8, 4) is 0 Å². The van der Waals surface area contributed by atoms with Crippen molar-refractivity contribution in [2.75, 3.05) is 18.6 Å². The number of amides is 1. The van der Waals surface area contributed by atoms with Crippen molar-refractivity contribution in [1.29, 1.82) is 0 Å². The summed E-state index contributed by atoms with van der Waals surface area (Å²) < 4.78 is 0. The second-order valence-corrected chi connectivity index (χ2v) is 6.22. The Bertz CT molecular complexity index is 393. The molecule has 0 bridgehead atoms. The Balaban J connectivity index is 2.28. The van der Waals surface area contributed by atoms with Crippen molar-refractivity contribution >= 4 is 17.7 Å². The summed E-state index contributed by atoms with van der Waals surface area (Å²) in [4.78, 5) is 12.2. The van der Waals surface area contributed by atoms with Gasteiger partial charge in [-0.05, 0) is 37.3 Å². The monoisotopic (exact) mass is 294 g/mol. The smallest absolute Gasteiger partial charge is 0.244 e. The predicted molar refractivity (Wildman–Crippen MR) is 87.8 cm³/mol. The van der Waals surface area contributed by atoms with Gasteiger partial charge in [0.2, 0.25) is 5.91 Å². The Morgan fingerprint density at radius 1 is 1.20 bits per heavy atom. The molecule has 20 heavy (non-hydrogen) atoms. The zero-order valence-electron chi connectivity index (χ0n) is 12.5. The van der Waals surface area contributed by atoms with E-state index in [-0.39, 0.29) is 5.91 Å². The van der Waals surface area contributed by atoms with Crippen molar-refractivity contribution in [3.63, 3.8) is 0 Å². The summed E-state index contributed by atoms with van der Waals surface area (Å²) in [7, 11) is 0. The molecule has 4 heteroatoms. The molecule has 0 fully saturated rings. The van der Waals surface area contributed by atoms with Crippen LogP contribution in [0.1, 0.15) is 38.2 Å². The van der Waals surface area contributed by atoms with E-state index in [1.54, 1.807) is 6.92 Å². The predicted octanol–water partition coefficient (Wildman–Crippen LogP) is 2.90. The fourth-order valence-electron chi connectivity index (χ4n) is 2.03. The molecule has 0 aliphatic heterocycles. The third-order valence-electron chi connectivity index (χ3n) is 3.41. The fourth-order valence-corrected chi connectivity index (χ4v) is 2.52. The molecule has 0 saturated heterocycles. The van der Waals surface area contributed by atoms with Crippen LogP contribution in [0.2, 0.25) is 0 Å². The zero-order valence-corrected chi connectivity index (χ0v) is 13.3. The third-order valence-corrected chi connectivity index (χ3v) is 4.10. The first-order chi connectivity index (χ1) is 9.59. The maximum atomic E-state index is 12.2. The van der Waals surface area contributed by atoms with E-state index in [4.69, 9.17) is 5.73 Å². The van der Waals surface area contributed by atoms with Crippen molar-refractivity contribution in [2.24, 2.45) is 5.73 Å². The largest absolute Gasteiger partial charge is 0.354 e. The number of nitrogens with one attached hydrogen (secondary N) is 1. The van der Waals surface area contributed by atoms with Crippen molar-refractivity contribution in [2.45, 2.75) is 38.1 Å². The molecular weight excluding hydrogens is 268 g/mol. The van der Waals surface area contributed by atoms with Crippen LogP contribution >= 0.6 is 11.8 Å². The molecule has 0 aromatic heterocycles. The van der Waals surface area contributed by atoms with Crippen LogP contribution in [0.4, 0.5) is 0 Å². The topological polar surface area (TPSA) is 55.1 Å². The highest BCUT2D eigenvalue weighted by atomic mass is 32.2. The maximum absolute atomic E-state index is 12.2. The molecule has 0 aliphatic carbocycles. The Hall–Kier alpha value is -1.00. The normalized spacial score (nSPS) is 13.8. The first kappa shape index (κ1) is 17.1. The molecule has 1 amide bonds. The molecule has 0 radical (unpaired) electrons. The minimum atomic E-state index is -0.958. The average molecular weight is 294 g/mol. The number of carbonyl (C=O) groups excluding carboxylic acids is 1. The number of unbranched alkanes of at least 4 members (excludes halogenated alkanes) is 3. The first-order valence-corrected chi connectivity index (χ1v) is 8.60. The van der Waals surface area contributed by atoms with Gasteiger partial charge in [-0.25, -0.2) is 0 Å². The molecule has 3 nitrogen and oxygen atoms in total. The van der Waals surface area contributed by atoms with E-state index in [2.05, 4.69) is 11.6 Å². The van der Waals surface area contributed by atoms with Gasteiger partial charge in [0.1, 0.15) is 5.54 Å². The molecule has 0 heterocycles. The summed E-state index contributed by atoms with van der Waals surface area (Å²) in [5.74, 6) is 1.12. The summed E-state index contributed by atoms with van der Waals surface area (Å²) in [6.45, 7) is 2.47. The van der Waals surface area contributed by atoms with E-state index >= 15 is 0 Å². The molecule has 0 spiro atoms. The molecule has 112 valence electrons. The average Bonchev–Trinajstić information content (AvgIpc) is 2.47. The summed E-state index contributed by atoms with van der Waals surface area (Å²) >= 11 is 1.89. The highest BCUT2D eigenvalue weighted by molar-refractivity contribution is 7.98. The second-order valence-electron chi connectivity index (χ2n) is 5.23. The van der Waals surface area contributed by atoms with Crippen molar-refractivity contribution < 1.29 is 4.79 Å². The SMILES string of the molecule is CSCCCCCCNC(=O)C(C)(N)c1ccccc1. The van der Waals surface area contributed by atoms with Gasteiger partial charge in [0.25, 0.3) is 0 Å². The van der Waals surface area contributed by atoms with E-state index in [0.717, 1.165) is 18.4 Å². The summed E-state index contributed by atoms with van der Waals surface area (Å²) in [6.07, 6.45) is 6.80. The number of thioether (sulfide) groups is 1. The Labute approximate surface area is 126 Å². The van der Waals surface area contributed by atoms with Gasteiger partial charge in [-0.15, -0.1) is 0 Å². The number of carbonyl (C=O) groups is 1. The minimum absolute atomic E-state index is 0.104. The second kappa shape index (κ2) is 9.03. The Kier molecular flexibility index (Phi) is 7.70. The quantitative estimate of drug-likeness (QED) is 0.689. The van der Waals surface area contributed by atoms with Crippen LogP contribution in [0.5, 0.6) is 0 Å². The van der Waals surface area contributed by atoms with Crippen molar-refractivity contribution in [3.05, 3.63) is 35.9 Å². The van der Waals surface area contributed by atoms with Gasteiger partial charge >= 0.3 is 0 Å². The van der Waals surface area contributed by atoms with E-state index < -0.39 is 5.54 Å². The summed E-state index contributed by atoms with van der Waals surface area (Å²) in [6, 6.07) is 9.51. The highest BCUT2D eigenvalue weighted by Crippen LogP contribution is 2.17. The van der Waals surface area contributed by atoms with Gasteiger partial charge in [0.15, 0.2) is 0 Å². The van der Waals surface area contributed by atoms with E-state index in [0.29, 0.717) is 6.54 Å². The molecule has 1 aromatic carbocycles. The summed E-state index contributed by atoms with van der Waals surface area (Å²) in [5, 5.41) is 2.94. The fraction of sp³-hybridized carbons (Fsp3) is 0.562. The van der Waals surface area contributed by atoms with E-state index in [1.165, 1.54) is 18.6 Å². The lowest BCUT2D eigenvalue weighted by Gasteiger charge is -2.24. The number of hydrogen-bond donors (Lipinski definition) is 2. The molecule has 1 aromatic rings. The van der Waals surface area contributed by atoms with Crippen molar-refractivity contribution in [1.82, 2.24) is 5.32 Å². The van der Waals surface area contributed by atoms with Crippen LogP contribution in [0.15, 0.2) is 30.3 Å². The van der Waals surface area contributed by atoms with Crippen LogP contribution in [-0.2, 0) is 10.3 Å². The molecule has 1 atom stereocenters. The van der Waals surface area contributed by atoms with Gasteiger partial charge in [0.05, 0.1) is 0 Å². The van der Waals surface area contributed by atoms with Gasteiger partial charge in [-0.2, -0.15) is 11.8 Å². The lowest BCUT2D eigenvalue weighted by Crippen LogP contribution is -2.49. The number of benzene rings is 1. The minimum Gasteiger partial charge on any atom is -0.354 e. The molecular formula is C16H26N2OS. The number of nitrogens with two attached hydrogens (primary N) is 1. The lowest BCUT2D eigenvalue weighted by molar-refractivity contribution is -0.126. The molecule has 0 aliphatic rings. The standard InChI is InChI=1S/C16H26N2OS/c1-16(17,14-10-6-5-7-11-14)15(19)18-12-8-3-4-9-13-20-2/h5-7,10-11H,3-4,8-9,12-13,17H2,1-2H3,(H,18,19). The van der Waals surface area contributed by atoms with Crippen LogP contribution in [0.3, 0.4) is 0 Å². The first-order valence-electron chi connectivity index (χ1n) is 7.20. The van der Waals surface area contributed by atoms with E-state index in [9.17, 15) is 4.79 Å². The molecule has 0 saturated carbocycles. The van der Waals surface area contributed by atoms with Gasteiger partial charge in [-0.3, -0.25) is 4.79 Å². The van der Waals surface area contributed by atoms with Gasteiger partial charge in [-0.1, -0.05) is 43.2 Å². The summed E-state index contributed by atoms with van der Waals surface area (Å²) in [5.41, 5.74) is 6.03. The van der Waals surface area contributed by atoms with E-state index in [1.807, 2.05) is 42.1 Å². The maximum Gasteiger partial charge on any atom is 0.244 e.